The van der Waals surface area contributed by atoms with Gasteiger partial charge in [-0.1, -0.05) is 20.8 Å². The van der Waals surface area contributed by atoms with Gasteiger partial charge in [-0.05, 0) is 24.3 Å². The van der Waals surface area contributed by atoms with Crippen LogP contribution in [0, 0.1) is 11.3 Å². The van der Waals surface area contributed by atoms with Crippen molar-refractivity contribution in [3.63, 3.8) is 0 Å². The lowest BCUT2D eigenvalue weighted by molar-refractivity contribution is 0.292. The van der Waals surface area contributed by atoms with Gasteiger partial charge in [-0.15, -0.1) is 0 Å². The summed E-state index contributed by atoms with van der Waals surface area (Å²) in [6.45, 7) is 8.94. The van der Waals surface area contributed by atoms with Crippen LogP contribution in [0.3, 0.4) is 0 Å². The molecule has 0 bridgehead atoms. The predicted molar refractivity (Wildman–Crippen MR) is 48.4 cm³/mol. The minimum Gasteiger partial charge on any atom is -0.326 e. The van der Waals surface area contributed by atoms with Crippen LogP contribution in [0.15, 0.2) is 0 Å². The number of nitrogens with one attached hydrogen (secondary N) is 1. The minimum absolute atomic E-state index is 0.384. The molecule has 1 aliphatic heterocycles. The minimum atomic E-state index is 0.384. The molecule has 1 heterocycles. The average Bonchev–Trinajstić information content (AvgIpc) is 2.12. The van der Waals surface area contributed by atoms with Gasteiger partial charge >= 0.3 is 0 Å². The Kier molecular flexibility index (Phi) is 2.55. The Morgan fingerprint density at radius 2 is 2.00 bits per heavy atom. The molecule has 1 fully saturated rings. The number of hydrogen-bond acceptors (Lipinski definition) is 2. The van der Waals surface area contributed by atoms with Crippen LogP contribution in [0.5, 0.6) is 0 Å². The summed E-state index contributed by atoms with van der Waals surface area (Å²) in [5.74, 6) is 0.690. The quantitative estimate of drug-likeness (QED) is 0.593. The van der Waals surface area contributed by atoms with Gasteiger partial charge in [0.05, 0.1) is 0 Å². The fourth-order valence-corrected chi connectivity index (χ4v) is 1.76. The molecule has 2 atom stereocenters. The standard InChI is InChI=1S/C9H20N2/c1-9(2,3)4-7-5-11-6-8(7)10/h7-8,11H,4-6,10H2,1-3H3/t7-,8?/m0/s1. The van der Waals surface area contributed by atoms with Gasteiger partial charge in [0.1, 0.15) is 0 Å². The van der Waals surface area contributed by atoms with E-state index in [1.165, 1.54) is 6.42 Å². The van der Waals surface area contributed by atoms with Gasteiger partial charge in [-0.3, -0.25) is 0 Å². The van der Waals surface area contributed by atoms with Gasteiger partial charge in [0.25, 0.3) is 0 Å². The molecule has 11 heavy (non-hydrogen) atoms. The molecule has 2 nitrogen and oxygen atoms in total. The van der Waals surface area contributed by atoms with E-state index in [0.717, 1.165) is 13.1 Å². The first-order valence-electron chi connectivity index (χ1n) is 4.45. The molecule has 1 unspecified atom stereocenters. The van der Waals surface area contributed by atoms with E-state index in [9.17, 15) is 0 Å². The molecule has 66 valence electrons. The van der Waals surface area contributed by atoms with Crippen molar-refractivity contribution in [3.05, 3.63) is 0 Å². The molecule has 1 aliphatic rings. The number of hydrogen-bond donors (Lipinski definition) is 2. The largest absolute Gasteiger partial charge is 0.326 e. The normalized spacial score (nSPS) is 32.7. The topological polar surface area (TPSA) is 38.0 Å². The highest BCUT2D eigenvalue weighted by atomic mass is 15.0. The number of nitrogens with two attached hydrogens (primary N) is 1. The van der Waals surface area contributed by atoms with Crippen molar-refractivity contribution >= 4 is 0 Å². The van der Waals surface area contributed by atoms with E-state index < -0.39 is 0 Å². The lowest BCUT2D eigenvalue weighted by Crippen LogP contribution is -2.31. The van der Waals surface area contributed by atoms with Gasteiger partial charge in [-0.25, -0.2) is 0 Å². The molecule has 1 rings (SSSR count). The van der Waals surface area contributed by atoms with Crippen LogP contribution < -0.4 is 11.1 Å². The van der Waals surface area contributed by atoms with Gasteiger partial charge in [0, 0.05) is 12.6 Å². The van der Waals surface area contributed by atoms with Crippen molar-refractivity contribution in [2.24, 2.45) is 17.1 Å². The van der Waals surface area contributed by atoms with Gasteiger partial charge < -0.3 is 11.1 Å². The summed E-state index contributed by atoms with van der Waals surface area (Å²) in [5.41, 5.74) is 6.35. The first-order valence-corrected chi connectivity index (χ1v) is 4.45. The van der Waals surface area contributed by atoms with Gasteiger partial charge in [0.15, 0.2) is 0 Å². The molecule has 0 radical (unpaired) electrons. The molecular weight excluding hydrogens is 136 g/mol. The van der Waals surface area contributed by atoms with E-state index in [4.69, 9.17) is 5.73 Å². The van der Waals surface area contributed by atoms with Crippen molar-refractivity contribution < 1.29 is 0 Å². The van der Waals surface area contributed by atoms with Crippen molar-refractivity contribution in [2.45, 2.75) is 33.2 Å². The Hall–Kier alpha value is -0.0800. The molecule has 0 aromatic rings. The van der Waals surface area contributed by atoms with Gasteiger partial charge in [0.2, 0.25) is 0 Å². The third-order valence-corrected chi connectivity index (χ3v) is 2.27. The average molecular weight is 156 g/mol. The highest BCUT2D eigenvalue weighted by molar-refractivity contribution is 4.86. The fraction of sp³-hybridized carbons (Fsp3) is 1.00. The third-order valence-electron chi connectivity index (χ3n) is 2.27. The van der Waals surface area contributed by atoms with Crippen molar-refractivity contribution in [1.82, 2.24) is 5.32 Å². The summed E-state index contributed by atoms with van der Waals surface area (Å²) in [6.07, 6.45) is 1.24. The van der Waals surface area contributed by atoms with E-state index in [1.54, 1.807) is 0 Å². The summed E-state index contributed by atoms with van der Waals surface area (Å²) in [7, 11) is 0. The van der Waals surface area contributed by atoms with Crippen LogP contribution in [-0.2, 0) is 0 Å². The Bertz CT molecular complexity index is 126. The maximum atomic E-state index is 5.92. The highest BCUT2D eigenvalue weighted by Crippen LogP contribution is 2.26. The lowest BCUT2D eigenvalue weighted by atomic mass is 9.83. The zero-order valence-corrected chi connectivity index (χ0v) is 7.85. The zero-order chi connectivity index (χ0) is 8.48. The number of rotatable bonds is 1. The summed E-state index contributed by atoms with van der Waals surface area (Å²) in [6, 6.07) is 0.384. The summed E-state index contributed by atoms with van der Waals surface area (Å²) in [5, 5.41) is 3.32. The van der Waals surface area contributed by atoms with E-state index in [1.807, 2.05) is 0 Å². The third kappa shape index (κ3) is 2.80. The molecule has 0 aromatic heterocycles. The van der Waals surface area contributed by atoms with Crippen LogP contribution in [0.4, 0.5) is 0 Å². The Labute approximate surface area is 69.5 Å². The maximum Gasteiger partial charge on any atom is 0.0206 e. The molecular formula is C9H20N2. The smallest absolute Gasteiger partial charge is 0.0206 e. The zero-order valence-electron chi connectivity index (χ0n) is 7.85. The Morgan fingerprint density at radius 1 is 1.36 bits per heavy atom. The predicted octanol–water partition coefficient (Wildman–Crippen LogP) is 0.969. The van der Waals surface area contributed by atoms with E-state index in [2.05, 4.69) is 26.1 Å². The van der Waals surface area contributed by atoms with Crippen molar-refractivity contribution in [3.8, 4) is 0 Å². The first-order chi connectivity index (χ1) is 4.99. The Balaban J connectivity index is 2.37. The SMILES string of the molecule is CC(C)(C)C[C@H]1CNCC1N. The van der Waals surface area contributed by atoms with Crippen LogP contribution in [-0.4, -0.2) is 19.1 Å². The Morgan fingerprint density at radius 3 is 2.36 bits per heavy atom. The lowest BCUT2D eigenvalue weighted by Gasteiger charge is -2.24. The van der Waals surface area contributed by atoms with Crippen LogP contribution in [0.1, 0.15) is 27.2 Å². The first kappa shape index (κ1) is 9.01. The second kappa shape index (κ2) is 3.11. The molecule has 0 aromatic carbocycles. The van der Waals surface area contributed by atoms with Crippen molar-refractivity contribution in [2.75, 3.05) is 13.1 Å². The summed E-state index contributed by atoms with van der Waals surface area (Å²) in [4.78, 5) is 0. The maximum absolute atomic E-state index is 5.92. The summed E-state index contributed by atoms with van der Waals surface area (Å²) >= 11 is 0. The molecule has 0 amide bonds. The molecule has 3 N–H and O–H groups in total. The molecule has 1 saturated heterocycles. The molecule has 0 spiro atoms. The molecule has 0 saturated carbocycles. The van der Waals surface area contributed by atoms with Gasteiger partial charge in [-0.2, -0.15) is 0 Å². The summed E-state index contributed by atoms with van der Waals surface area (Å²) < 4.78 is 0. The van der Waals surface area contributed by atoms with Crippen LogP contribution >= 0.6 is 0 Å². The van der Waals surface area contributed by atoms with Crippen molar-refractivity contribution in [1.29, 1.82) is 0 Å². The van der Waals surface area contributed by atoms with E-state index in [0.29, 0.717) is 17.4 Å². The molecule has 2 heteroatoms. The monoisotopic (exact) mass is 156 g/mol. The fourth-order valence-electron chi connectivity index (χ4n) is 1.76. The molecule has 0 aliphatic carbocycles. The van der Waals surface area contributed by atoms with E-state index in [-0.39, 0.29) is 0 Å². The second-order valence-corrected chi connectivity index (χ2v) is 4.85. The van der Waals surface area contributed by atoms with E-state index >= 15 is 0 Å². The second-order valence-electron chi connectivity index (χ2n) is 4.85. The van der Waals surface area contributed by atoms with Crippen LogP contribution in [0.2, 0.25) is 0 Å². The highest BCUT2D eigenvalue weighted by Gasteiger charge is 2.27. The van der Waals surface area contributed by atoms with Crippen LogP contribution in [0.25, 0.3) is 0 Å².